The maximum atomic E-state index is 9.76. The molecule has 0 atom stereocenters. The summed E-state index contributed by atoms with van der Waals surface area (Å²) in [4.78, 5) is 0. The van der Waals surface area contributed by atoms with Gasteiger partial charge in [0.25, 0.3) is 0 Å². The fourth-order valence-corrected chi connectivity index (χ4v) is 9.22. The van der Waals surface area contributed by atoms with Crippen LogP contribution in [0.5, 0.6) is 0 Å². The van der Waals surface area contributed by atoms with Crippen LogP contribution in [-0.2, 0) is 0 Å². The van der Waals surface area contributed by atoms with E-state index in [1.807, 2.05) is 0 Å². The molecule has 16 aromatic rings. The third-order valence-corrected chi connectivity index (χ3v) is 12.6. The molecule has 0 unspecified atom stereocenters. The molecule has 0 saturated carbocycles. The molecule has 0 fully saturated rings. The summed E-state index contributed by atoms with van der Waals surface area (Å²) in [6.07, 6.45) is 0. The van der Waals surface area contributed by atoms with Crippen LogP contribution in [-0.4, -0.2) is 0 Å². The van der Waals surface area contributed by atoms with E-state index in [-0.39, 0.29) is 0 Å². The smallest absolute Gasteiger partial charge is 0.0616 e. The highest BCUT2D eigenvalue weighted by atomic mass is 14.2. The average Bonchev–Trinajstić information content (AvgIpc) is 0.686. The molecule has 0 saturated heterocycles. The zero-order valence-corrected chi connectivity index (χ0v) is 40.0. The van der Waals surface area contributed by atoms with Gasteiger partial charge in [0.2, 0.25) is 0 Å². The van der Waals surface area contributed by atoms with Gasteiger partial charge >= 0.3 is 0 Å². The van der Waals surface area contributed by atoms with Gasteiger partial charge in [-0.3, -0.25) is 0 Å². The van der Waals surface area contributed by atoms with Gasteiger partial charge in [-0.15, -0.1) is 0 Å². The zero-order valence-electron chi connectivity index (χ0n) is 92.0. The molecule has 0 aliphatic rings. The van der Waals surface area contributed by atoms with Gasteiger partial charge in [0.1, 0.15) is 0 Å². The molecule has 0 spiro atoms. The Bertz CT molecular complexity index is 8050. The Morgan fingerprint density at radius 2 is 0.450 bits per heavy atom. The molecule has 0 heteroatoms. The second-order valence-electron chi connectivity index (χ2n) is 17.0. The summed E-state index contributed by atoms with van der Waals surface area (Å²) in [6.45, 7) is 0. The summed E-state index contributed by atoms with van der Waals surface area (Å²) in [5.74, 6) is 0. The molecule has 0 aromatic heterocycles. The summed E-state index contributed by atoms with van der Waals surface area (Å²) in [5.41, 5.74) is -9.21. The summed E-state index contributed by atoms with van der Waals surface area (Å²) in [6, 6.07) is -48.3. The third kappa shape index (κ3) is 8.17. The highest BCUT2D eigenvalue weighted by Crippen LogP contribution is 2.47. The van der Waals surface area contributed by atoms with Crippen molar-refractivity contribution < 1.29 is 71.3 Å². The van der Waals surface area contributed by atoms with Crippen molar-refractivity contribution in [3.63, 3.8) is 0 Å². The molecular formula is C80H52. The number of rotatable bonds is 6. The Morgan fingerprint density at radius 3 is 0.950 bits per heavy atom. The van der Waals surface area contributed by atoms with Crippen molar-refractivity contribution in [1.29, 1.82) is 0 Å². The maximum Gasteiger partial charge on any atom is 0.0636 e. The van der Waals surface area contributed by atoms with Crippen LogP contribution in [0.25, 0.3) is 153 Å². The van der Waals surface area contributed by atoms with Crippen molar-refractivity contribution in [3.8, 4) is 66.8 Å². The van der Waals surface area contributed by atoms with E-state index in [0.29, 0.717) is 0 Å². The molecule has 0 nitrogen and oxygen atoms in total. The minimum Gasteiger partial charge on any atom is -0.0616 e. The Hall–Kier alpha value is -10.4. The van der Waals surface area contributed by atoms with Gasteiger partial charge in [-0.05, 0) is 171 Å². The van der Waals surface area contributed by atoms with Crippen LogP contribution in [0.4, 0.5) is 0 Å². The highest BCUT2D eigenvalue weighted by molar-refractivity contribution is 6.24. The van der Waals surface area contributed by atoms with Gasteiger partial charge in [-0.2, -0.15) is 0 Å². The van der Waals surface area contributed by atoms with Gasteiger partial charge in [-0.25, -0.2) is 0 Å². The van der Waals surface area contributed by atoms with Crippen molar-refractivity contribution in [1.82, 2.24) is 0 Å². The average molecular weight is 1070 g/mol. The fraction of sp³-hybridized carbons (Fsp3) is 0. The molecule has 16 aromatic carbocycles. The predicted molar refractivity (Wildman–Crippen MR) is 346 cm³/mol. The van der Waals surface area contributed by atoms with Gasteiger partial charge in [0, 0.05) is 0 Å². The zero-order chi connectivity index (χ0) is 98.2. The standard InChI is InChI=1S/2C40H26/c1-3-18-31-27(12-1)14-10-24-33(31)29-16-9-17-30(26-29)39-35-20-5-7-22-37(35)40(38-23-8-6-21-36(38)39)34-25-11-15-28-13-2-4-19-32(28)34;1-3-11-31-25-33(23-19-27(31)9-1)29-17-21-30(22-18-29)39-35-13-5-7-15-37(35)40(38-16-8-6-14-36(38)39)34-24-20-28-10-2-4-12-32(28)26-34/h2*1-26H/i2*1D,2D,3D,4D,5D,6D,7D,8D,9D,10D,11D,12D,13D,14D,15D,16D,17D,18D,19D,20D,21D,22D,23D,24D,25D,26D. The first-order valence-corrected chi connectivity index (χ1v) is 23.5. The Kier molecular flexibility index (Phi) is 4.42. The number of fused-ring (bicyclic) bond motifs is 8. The van der Waals surface area contributed by atoms with Crippen molar-refractivity contribution >= 4 is 86.2 Å². The van der Waals surface area contributed by atoms with E-state index in [4.69, 9.17) is 48.0 Å². The minimum absolute atomic E-state index is 0.524. The summed E-state index contributed by atoms with van der Waals surface area (Å²) >= 11 is 0. The van der Waals surface area contributed by atoms with Crippen LogP contribution in [0.15, 0.2) is 314 Å². The van der Waals surface area contributed by atoms with Gasteiger partial charge in [-0.1, -0.05) is 296 Å². The van der Waals surface area contributed by atoms with Crippen molar-refractivity contribution in [3.05, 3.63) is 314 Å². The number of benzene rings is 16. The van der Waals surface area contributed by atoms with Gasteiger partial charge in [0.05, 0.1) is 71.3 Å². The van der Waals surface area contributed by atoms with E-state index in [2.05, 4.69) is 0 Å². The molecule has 0 heterocycles. The van der Waals surface area contributed by atoms with Gasteiger partial charge in [0.15, 0.2) is 0 Å². The summed E-state index contributed by atoms with van der Waals surface area (Å²) in [5, 5.41) is -10.6. The van der Waals surface area contributed by atoms with Crippen LogP contribution in [0.2, 0.25) is 0 Å². The first-order valence-electron chi connectivity index (χ1n) is 49.5. The van der Waals surface area contributed by atoms with Crippen LogP contribution in [0, 0.1) is 0 Å². The lowest BCUT2D eigenvalue weighted by Crippen LogP contribution is -1.92. The lowest BCUT2D eigenvalue weighted by atomic mass is 9.84. The largest absolute Gasteiger partial charge is 0.0636 e. The first kappa shape index (κ1) is 17.8. The second-order valence-corrected chi connectivity index (χ2v) is 17.0. The molecule has 372 valence electrons. The molecule has 0 N–H and O–H groups in total. The lowest BCUT2D eigenvalue weighted by molar-refractivity contribution is 1.63. The van der Waals surface area contributed by atoms with Crippen molar-refractivity contribution in [2.24, 2.45) is 0 Å². The molecule has 16 rings (SSSR count). The van der Waals surface area contributed by atoms with Crippen LogP contribution in [0.1, 0.15) is 71.3 Å². The van der Waals surface area contributed by atoms with E-state index in [1.54, 1.807) is 0 Å². The predicted octanol–water partition coefficient (Wildman–Crippen LogP) is 22.6. The molecule has 0 aliphatic heterocycles. The van der Waals surface area contributed by atoms with Crippen molar-refractivity contribution in [2.75, 3.05) is 0 Å². The molecule has 0 amide bonds. The Balaban J connectivity index is 0.000000202. The maximum absolute atomic E-state index is 9.76. The van der Waals surface area contributed by atoms with Crippen LogP contribution in [0.3, 0.4) is 0 Å². The molecule has 0 bridgehead atoms. The normalized spacial score (nSPS) is 20.6. The Morgan fingerprint density at radius 1 is 0.150 bits per heavy atom. The second kappa shape index (κ2) is 19.9. The first-order chi connectivity index (χ1) is 61.4. The van der Waals surface area contributed by atoms with E-state index in [9.17, 15) is 23.3 Å². The fourth-order valence-electron chi connectivity index (χ4n) is 9.22. The van der Waals surface area contributed by atoms with Gasteiger partial charge < -0.3 is 0 Å². The molecule has 0 aliphatic carbocycles. The van der Waals surface area contributed by atoms with E-state index >= 15 is 0 Å². The van der Waals surface area contributed by atoms with E-state index in [0.717, 1.165) is 0 Å². The SMILES string of the molecule is [2H]c1c([2H])c(-c2c([2H])c([2H])c([2H])c3c([2H])c([2H])c([2H])c([2H])c23)c([2H])c(-c2c3c([2H])c([2H])c([2H])c([2H])c3c(-c3c([2H])c([2H])c([2H])c4c([2H])c([2H])c([2H])c([2H])c34)c3c([2H])c([2H])c([2H])c([2H])c23)c1[2H].[2H]c1c([2H])c(-c2c3c([2H])c([2H])c([2H])c([2H])c3c(-c3c([2H])c([2H])c4c([2H])c([2H])c([2H])c([2H])c4c3[2H])c3c([2H])c([2H])c([2H])c([2H])c23)c([2H])c([2H])c1-c1c([2H])c([2H])c2c([2H])c([2H])c([2H])c([2H])c2c1[2H]. The minimum atomic E-state index is -1.07. The Labute approximate surface area is 538 Å². The topological polar surface area (TPSA) is 0 Å². The summed E-state index contributed by atoms with van der Waals surface area (Å²) in [7, 11) is 0. The van der Waals surface area contributed by atoms with Crippen LogP contribution < -0.4 is 0 Å². The summed E-state index contributed by atoms with van der Waals surface area (Å²) < 4.78 is 461. The van der Waals surface area contributed by atoms with E-state index in [1.165, 1.54) is 0 Å². The van der Waals surface area contributed by atoms with Crippen LogP contribution >= 0.6 is 0 Å². The number of hydrogen-bond acceptors (Lipinski definition) is 0. The molecule has 0 radical (unpaired) electrons. The molecule has 80 heavy (non-hydrogen) atoms. The van der Waals surface area contributed by atoms with E-state index < -0.39 is 467 Å². The third-order valence-electron chi connectivity index (χ3n) is 12.6. The number of hydrogen-bond donors (Lipinski definition) is 0. The lowest BCUT2D eigenvalue weighted by Gasteiger charge is -2.19. The van der Waals surface area contributed by atoms with Crippen molar-refractivity contribution in [2.45, 2.75) is 0 Å². The quantitative estimate of drug-likeness (QED) is 0.146. The monoisotopic (exact) mass is 1060 g/mol. The highest BCUT2D eigenvalue weighted by Gasteiger charge is 2.20. The molecular weight excluding hydrogens is 961 g/mol.